The molecule has 2 heterocycles. The molecule has 4 nitrogen and oxygen atoms in total. The van der Waals surface area contributed by atoms with Crippen molar-refractivity contribution in [2.75, 3.05) is 24.5 Å². The Kier molecular flexibility index (Phi) is 4.34. The molecule has 0 aliphatic carbocycles. The van der Waals surface area contributed by atoms with Crippen LogP contribution in [0.25, 0.3) is 10.9 Å². The highest BCUT2D eigenvalue weighted by Crippen LogP contribution is 2.28. The Balaban J connectivity index is 1.68. The van der Waals surface area contributed by atoms with Crippen molar-refractivity contribution in [1.82, 2.24) is 15.5 Å². The zero-order chi connectivity index (χ0) is 14.7. The molecule has 112 valence electrons. The fraction of sp³-hybridized carbons (Fsp3) is 0.529. The Morgan fingerprint density at radius 2 is 2.00 bits per heavy atom. The largest absolute Gasteiger partial charge is 0.370 e. The summed E-state index contributed by atoms with van der Waals surface area (Å²) in [6.07, 6.45) is 4.40. The first-order valence-electron chi connectivity index (χ1n) is 7.93. The summed E-state index contributed by atoms with van der Waals surface area (Å²) < 4.78 is 0. The van der Waals surface area contributed by atoms with Crippen molar-refractivity contribution in [3.63, 3.8) is 0 Å². The van der Waals surface area contributed by atoms with Crippen LogP contribution in [-0.2, 0) is 0 Å². The standard InChI is InChI=1S/C17H24N4/c1-13(2)18-11-14-7-9-21(10-8-14)17-12-19-20-16-6-4-3-5-15(16)17/h3-6,12-14,18H,7-11H2,1-2H3. The minimum atomic E-state index is 0.580. The lowest BCUT2D eigenvalue weighted by Crippen LogP contribution is -2.38. The van der Waals surface area contributed by atoms with Crippen LogP contribution in [0.2, 0.25) is 0 Å². The Morgan fingerprint density at radius 3 is 2.76 bits per heavy atom. The van der Waals surface area contributed by atoms with Crippen LogP contribution >= 0.6 is 0 Å². The van der Waals surface area contributed by atoms with E-state index in [-0.39, 0.29) is 0 Å². The van der Waals surface area contributed by atoms with E-state index in [0.717, 1.165) is 31.1 Å². The molecule has 0 amide bonds. The third-order valence-electron chi connectivity index (χ3n) is 4.30. The molecule has 1 aromatic carbocycles. The number of fused-ring (bicyclic) bond motifs is 1. The number of hydrogen-bond donors (Lipinski definition) is 1. The van der Waals surface area contributed by atoms with Crippen molar-refractivity contribution in [1.29, 1.82) is 0 Å². The zero-order valence-electron chi connectivity index (χ0n) is 12.9. The van der Waals surface area contributed by atoms with Gasteiger partial charge in [0.25, 0.3) is 0 Å². The van der Waals surface area contributed by atoms with Gasteiger partial charge in [-0.25, -0.2) is 0 Å². The summed E-state index contributed by atoms with van der Waals surface area (Å²) >= 11 is 0. The normalized spacial score (nSPS) is 16.8. The first-order valence-corrected chi connectivity index (χ1v) is 7.93. The second kappa shape index (κ2) is 6.39. The first kappa shape index (κ1) is 14.3. The molecular weight excluding hydrogens is 260 g/mol. The highest BCUT2D eigenvalue weighted by molar-refractivity contribution is 5.90. The molecule has 0 saturated carbocycles. The van der Waals surface area contributed by atoms with Crippen molar-refractivity contribution in [3.8, 4) is 0 Å². The fourth-order valence-corrected chi connectivity index (χ4v) is 3.03. The van der Waals surface area contributed by atoms with Gasteiger partial charge in [0.15, 0.2) is 0 Å². The van der Waals surface area contributed by atoms with Crippen LogP contribution in [0.5, 0.6) is 0 Å². The van der Waals surface area contributed by atoms with E-state index in [1.807, 2.05) is 18.3 Å². The number of anilines is 1. The third-order valence-corrected chi connectivity index (χ3v) is 4.30. The Morgan fingerprint density at radius 1 is 1.24 bits per heavy atom. The summed E-state index contributed by atoms with van der Waals surface area (Å²) in [5.41, 5.74) is 2.22. The number of rotatable bonds is 4. The molecule has 1 fully saturated rings. The van der Waals surface area contributed by atoms with Crippen LogP contribution in [0.1, 0.15) is 26.7 Å². The summed E-state index contributed by atoms with van der Waals surface area (Å²) in [6, 6.07) is 8.85. The van der Waals surface area contributed by atoms with E-state index < -0.39 is 0 Å². The van der Waals surface area contributed by atoms with E-state index in [4.69, 9.17) is 0 Å². The molecule has 0 radical (unpaired) electrons. The van der Waals surface area contributed by atoms with Gasteiger partial charge in [0.2, 0.25) is 0 Å². The van der Waals surface area contributed by atoms with Gasteiger partial charge in [-0.1, -0.05) is 32.0 Å². The van der Waals surface area contributed by atoms with Gasteiger partial charge in [-0.15, -0.1) is 0 Å². The lowest BCUT2D eigenvalue weighted by atomic mass is 9.96. The lowest BCUT2D eigenvalue weighted by Gasteiger charge is -2.34. The van der Waals surface area contributed by atoms with Gasteiger partial charge in [-0.05, 0) is 31.4 Å². The fourth-order valence-electron chi connectivity index (χ4n) is 3.03. The number of piperidine rings is 1. The van der Waals surface area contributed by atoms with Crippen LogP contribution in [0.3, 0.4) is 0 Å². The number of benzene rings is 1. The van der Waals surface area contributed by atoms with Crippen LogP contribution in [0.15, 0.2) is 30.5 Å². The third kappa shape index (κ3) is 3.32. The number of nitrogens with one attached hydrogen (secondary N) is 1. The zero-order valence-corrected chi connectivity index (χ0v) is 12.9. The minimum Gasteiger partial charge on any atom is -0.370 e. The summed E-state index contributed by atoms with van der Waals surface area (Å²) in [4.78, 5) is 2.46. The van der Waals surface area contributed by atoms with E-state index in [9.17, 15) is 0 Å². The van der Waals surface area contributed by atoms with E-state index in [2.05, 4.69) is 46.4 Å². The van der Waals surface area contributed by atoms with Crippen molar-refractivity contribution in [2.45, 2.75) is 32.7 Å². The van der Waals surface area contributed by atoms with Crippen LogP contribution in [0, 0.1) is 5.92 Å². The highest BCUT2D eigenvalue weighted by atomic mass is 15.2. The second-order valence-electron chi connectivity index (χ2n) is 6.24. The van der Waals surface area contributed by atoms with E-state index in [1.165, 1.54) is 23.9 Å². The molecule has 0 atom stereocenters. The highest BCUT2D eigenvalue weighted by Gasteiger charge is 2.20. The van der Waals surface area contributed by atoms with Crippen molar-refractivity contribution in [2.24, 2.45) is 5.92 Å². The predicted molar refractivity (Wildman–Crippen MR) is 87.6 cm³/mol. The maximum absolute atomic E-state index is 4.21. The molecule has 1 saturated heterocycles. The van der Waals surface area contributed by atoms with Crippen LogP contribution < -0.4 is 10.2 Å². The van der Waals surface area contributed by atoms with E-state index in [0.29, 0.717) is 6.04 Å². The molecule has 4 heteroatoms. The van der Waals surface area contributed by atoms with Crippen LogP contribution in [0.4, 0.5) is 5.69 Å². The number of nitrogens with zero attached hydrogens (tertiary/aromatic N) is 3. The van der Waals surface area contributed by atoms with Gasteiger partial charge in [-0.2, -0.15) is 10.2 Å². The van der Waals surface area contributed by atoms with Crippen LogP contribution in [-0.4, -0.2) is 35.9 Å². The summed E-state index contributed by atoms with van der Waals surface area (Å²) in [5, 5.41) is 13.1. The Hall–Kier alpha value is -1.68. The van der Waals surface area contributed by atoms with E-state index >= 15 is 0 Å². The summed E-state index contributed by atoms with van der Waals surface area (Å²) in [5.74, 6) is 0.796. The van der Waals surface area contributed by atoms with Gasteiger partial charge >= 0.3 is 0 Å². The van der Waals surface area contributed by atoms with E-state index in [1.54, 1.807) is 0 Å². The smallest absolute Gasteiger partial charge is 0.0950 e. The summed E-state index contributed by atoms with van der Waals surface area (Å²) in [6.45, 7) is 7.79. The van der Waals surface area contributed by atoms with Gasteiger partial charge < -0.3 is 10.2 Å². The molecule has 3 rings (SSSR count). The molecule has 0 unspecified atom stereocenters. The average Bonchev–Trinajstić information content (AvgIpc) is 2.53. The molecular formula is C17H24N4. The Labute approximate surface area is 126 Å². The molecule has 1 aromatic heterocycles. The molecule has 1 aliphatic heterocycles. The maximum Gasteiger partial charge on any atom is 0.0950 e. The Bertz CT molecular complexity index is 583. The van der Waals surface area contributed by atoms with Crippen molar-refractivity contribution < 1.29 is 0 Å². The number of aromatic nitrogens is 2. The topological polar surface area (TPSA) is 41.0 Å². The van der Waals surface area contributed by atoms with Gasteiger partial charge in [0, 0.05) is 24.5 Å². The molecule has 0 bridgehead atoms. The predicted octanol–water partition coefficient (Wildman–Crippen LogP) is 2.84. The lowest BCUT2D eigenvalue weighted by molar-refractivity contribution is 0.371. The van der Waals surface area contributed by atoms with Gasteiger partial charge in [-0.3, -0.25) is 0 Å². The molecule has 0 spiro atoms. The maximum atomic E-state index is 4.21. The summed E-state index contributed by atoms with van der Waals surface area (Å²) in [7, 11) is 0. The number of hydrogen-bond acceptors (Lipinski definition) is 4. The average molecular weight is 284 g/mol. The monoisotopic (exact) mass is 284 g/mol. The molecule has 1 N–H and O–H groups in total. The van der Waals surface area contributed by atoms with Gasteiger partial charge in [0.1, 0.15) is 0 Å². The minimum absolute atomic E-state index is 0.580. The quantitative estimate of drug-likeness (QED) is 0.937. The van der Waals surface area contributed by atoms with Crippen molar-refractivity contribution in [3.05, 3.63) is 30.5 Å². The SMILES string of the molecule is CC(C)NCC1CCN(c2cnnc3ccccc23)CC1. The van der Waals surface area contributed by atoms with Crippen molar-refractivity contribution >= 4 is 16.6 Å². The second-order valence-corrected chi connectivity index (χ2v) is 6.24. The molecule has 21 heavy (non-hydrogen) atoms. The van der Waals surface area contributed by atoms with Gasteiger partial charge in [0.05, 0.1) is 17.4 Å². The first-order chi connectivity index (χ1) is 10.2. The molecule has 2 aromatic rings. The molecule has 1 aliphatic rings.